The van der Waals surface area contributed by atoms with E-state index in [1.54, 1.807) is 16.7 Å². The van der Waals surface area contributed by atoms with Gasteiger partial charge in [-0.05, 0) is 6.92 Å². The number of hydrogen-bond donors (Lipinski definition) is 3. The molecule has 3 rings (SSSR count). The van der Waals surface area contributed by atoms with Crippen LogP contribution in [-0.4, -0.2) is 49.8 Å². The van der Waals surface area contributed by atoms with Crippen molar-refractivity contribution < 1.29 is 19.8 Å². The van der Waals surface area contributed by atoms with Gasteiger partial charge in [0, 0.05) is 12.8 Å². The zero-order valence-corrected chi connectivity index (χ0v) is 15.8. The van der Waals surface area contributed by atoms with Gasteiger partial charge in [-0.1, -0.05) is 34.8 Å². The number of rotatable bonds is 3. The minimum atomic E-state index is -0.797. The standard InChI is InChI=1S/C14H12Cl3N3O4S/c1-14(4-20-5(21)2-6(20)25-14)3-18-19-13(24)7-8(15)10(17)12(23)11(22)9(7)16/h3,6,22-23H,2,4H2,1H3,(H,19,24)/b18-3+/t6-,14+/m1/s1. The van der Waals surface area contributed by atoms with E-state index in [0.717, 1.165) is 0 Å². The molecule has 0 spiro atoms. The molecule has 3 N–H and O–H groups in total. The van der Waals surface area contributed by atoms with E-state index in [4.69, 9.17) is 34.8 Å². The molecule has 0 unspecified atom stereocenters. The molecule has 2 fully saturated rings. The van der Waals surface area contributed by atoms with E-state index >= 15 is 0 Å². The Morgan fingerprint density at radius 2 is 1.96 bits per heavy atom. The topological polar surface area (TPSA) is 102 Å². The number of halogens is 3. The molecule has 0 radical (unpaired) electrons. The van der Waals surface area contributed by atoms with Gasteiger partial charge in [0.05, 0.1) is 27.1 Å². The fourth-order valence-electron chi connectivity index (χ4n) is 2.60. The Bertz CT molecular complexity index is 790. The lowest BCUT2D eigenvalue weighted by atomic mass is 10.1. The number of carbonyl (C=O) groups is 2. The number of phenols is 2. The maximum atomic E-state index is 12.3. The number of fused-ring (bicyclic) bond motifs is 1. The summed E-state index contributed by atoms with van der Waals surface area (Å²) >= 11 is 19.1. The van der Waals surface area contributed by atoms with Gasteiger partial charge in [0.1, 0.15) is 10.0 Å². The van der Waals surface area contributed by atoms with Crippen molar-refractivity contribution in [3.8, 4) is 11.5 Å². The summed E-state index contributed by atoms with van der Waals surface area (Å²) in [6.07, 6.45) is 2.04. The minimum absolute atomic E-state index is 0.103. The first-order valence-electron chi connectivity index (χ1n) is 7.05. The maximum absolute atomic E-state index is 12.3. The molecule has 1 aromatic rings. The Morgan fingerprint density at radius 3 is 2.56 bits per heavy atom. The van der Waals surface area contributed by atoms with Crippen LogP contribution in [0.3, 0.4) is 0 Å². The summed E-state index contributed by atoms with van der Waals surface area (Å²) in [6, 6.07) is 0. The Balaban J connectivity index is 1.75. The lowest BCUT2D eigenvalue weighted by Crippen LogP contribution is -2.47. The zero-order valence-electron chi connectivity index (χ0n) is 12.7. The maximum Gasteiger partial charge on any atom is 0.274 e. The molecule has 1 aromatic carbocycles. The molecule has 11 heteroatoms. The molecule has 2 aliphatic rings. The molecule has 2 atom stereocenters. The second-order valence-corrected chi connectivity index (χ2v) is 8.67. The molecule has 2 amide bonds. The molecule has 0 bridgehead atoms. The van der Waals surface area contributed by atoms with Crippen LogP contribution in [0.4, 0.5) is 0 Å². The van der Waals surface area contributed by atoms with Gasteiger partial charge in [-0.3, -0.25) is 9.59 Å². The Kier molecular flexibility index (Phi) is 4.74. The van der Waals surface area contributed by atoms with Crippen molar-refractivity contribution in [2.45, 2.75) is 23.5 Å². The predicted molar refractivity (Wildman–Crippen MR) is 96.9 cm³/mol. The third-order valence-corrected chi connectivity index (χ3v) is 6.59. The predicted octanol–water partition coefficient (Wildman–Crippen LogP) is 2.84. The normalized spacial score (nSPS) is 25.2. The number of carbonyl (C=O) groups excluding carboxylic acids is 2. The largest absolute Gasteiger partial charge is 0.503 e. The molecular weight excluding hydrogens is 413 g/mol. The number of benzene rings is 1. The third-order valence-electron chi connectivity index (χ3n) is 3.91. The van der Waals surface area contributed by atoms with Gasteiger partial charge in [0.2, 0.25) is 5.91 Å². The van der Waals surface area contributed by atoms with Crippen LogP contribution in [0.1, 0.15) is 23.7 Å². The summed E-state index contributed by atoms with van der Waals surface area (Å²) in [5.41, 5.74) is 1.96. The first-order chi connectivity index (χ1) is 11.6. The summed E-state index contributed by atoms with van der Waals surface area (Å²) in [7, 11) is 0. The van der Waals surface area contributed by atoms with Crippen LogP contribution in [-0.2, 0) is 4.79 Å². The summed E-state index contributed by atoms with van der Waals surface area (Å²) in [5.74, 6) is -2.15. The van der Waals surface area contributed by atoms with Crippen molar-refractivity contribution in [1.29, 1.82) is 0 Å². The summed E-state index contributed by atoms with van der Waals surface area (Å²) in [4.78, 5) is 25.5. The first kappa shape index (κ1) is 18.4. The average Bonchev–Trinajstić information content (AvgIpc) is 2.83. The number of aromatic hydroxyl groups is 2. The smallest absolute Gasteiger partial charge is 0.274 e. The van der Waals surface area contributed by atoms with Gasteiger partial charge in [0.15, 0.2) is 11.5 Å². The average molecular weight is 425 g/mol. The number of hydrogen-bond acceptors (Lipinski definition) is 6. The molecule has 134 valence electrons. The van der Waals surface area contributed by atoms with Crippen LogP contribution in [0.25, 0.3) is 0 Å². The lowest BCUT2D eigenvalue weighted by Gasteiger charge is -2.32. The van der Waals surface area contributed by atoms with Crippen molar-refractivity contribution in [3.05, 3.63) is 20.6 Å². The molecule has 2 heterocycles. The number of hydrazone groups is 1. The highest BCUT2D eigenvalue weighted by molar-refractivity contribution is 8.02. The van der Waals surface area contributed by atoms with Crippen molar-refractivity contribution >= 4 is 64.6 Å². The van der Waals surface area contributed by atoms with Gasteiger partial charge in [0.25, 0.3) is 5.91 Å². The van der Waals surface area contributed by atoms with Gasteiger partial charge in [-0.2, -0.15) is 5.10 Å². The Hall–Kier alpha value is -1.35. The van der Waals surface area contributed by atoms with Crippen molar-refractivity contribution in [2.75, 3.05) is 6.54 Å². The second kappa shape index (κ2) is 6.42. The number of nitrogens with zero attached hydrogens (tertiary/aromatic N) is 2. The molecular formula is C14H12Cl3N3O4S. The monoisotopic (exact) mass is 423 g/mol. The fourth-order valence-corrected chi connectivity index (χ4v) is 4.86. The summed E-state index contributed by atoms with van der Waals surface area (Å²) < 4.78 is -0.424. The van der Waals surface area contributed by atoms with Crippen LogP contribution in [0.5, 0.6) is 11.5 Å². The number of amides is 2. The van der Waals surface area contributed by atoms with Crippen LogP contribution < -0.4 is 5.43 Å². The van der Waals surface area contributed by atoms with Gasteiger partial charge >= 0.3 is 0 Å². The number of thioether (sulfide) groups is 1. The molecule has 0 aromatic heterocycles. The Morgan fingerprint density at radius 1 is 1.32 bits per heavy atom. The lowest BCUT2D eigenvalue weighted by molar-refractivity contribution is -0.140. The molecule has 7 nitrogen and oxygen atoms in total. The number of nitrogens with one attached hydrogen (secondary N) is 1. The van der Waals surface area contributed by atoms with Gasteiger partial charge in [-0.25, -0.2) is 5.43 Å². The molecule has 0 saturated carbocycles. The highest BCUT2D eigenvalue weighted by atomic mass is 35.5. The van der Waals surface area contributed by atoms with Crippen molar-refractivity contribution in [1.82, 2.24) is 10.3 Å². The van der Waals surface area contributed by atoms with E-state index in [1.165, 1.54) is 6.21 Å². The van der Waals surface area contributed by atoms with Gasteiger partial charge in [-0.15, -0.1) is 11.8 Å². The van der Waals surface area contributed by atoms with E-state index < -0.39 is 27.2 Å². The van der Waals surface area contributed by atoms with E-state index in [0.29, 0.717) is 13.0 Å². The van der Waals surface area contributed by atoms with E-state index in [9.17, 15) is 19.8 Å². The van der Waals surface area contributed by atoms with E-state index in [1.807, 2.05) is 6.92 Å². The molecule has 0 aliphatic carbocycles. The van der Waals surface area contributed by atoms with Crippen LogP contribution >= 0.6 is 46.6 Å². The second-order valence-electron chi connectivity index (χ2n) is 5.82. The Labute approximate surface area is 161 Å². The van der Waals surface area contributed by atoms with Gasteiger partial charge < -0.3 is 15.1 Å². The SMILES string of the molecule is C[C@]1(/C=N/NC(=O)c2c(Cl)c(O)c(O)c(Cl)c2Cl)CN2C(=O)C[C@H]2S1. The van der Waals surface area contributed by atoms with Crippen LogP contribution in [0, 0.1) is 0 Å². The molecule has 2 aliphatic heterocycles. The van der Waals surface area contributed by atoms with E-state index in [-0.39, 0.29) is 26.9 Å². The summed E-state index contributed by atoms with van der Waals surface area (Å²) in [5, 5.41) is 22.2. The number of phenolic OH excluding ortho intramolecular Hbond substituents is 2. The van der Waals surface area contributed by atoms with E-state index in [2.05, 4.69) is 10.5 Å². The zero-order chi connectivity index (χ0) is 18.5. The summed E-state index contributed by atoms with van der Waals surface area (Å²) in [6.45, 7) is 2.41. The first-order valence-corrected chi connectivity index (χ1v) is 9.06. The quantitative estimate of drug-likeness (QED) is 0.228. The number of β-lactam (4-membered cyclic amide) rings is 1. The van der Waals surface area contributed by atoms with Crippen molar-refractivity contribution in [2.24, 2.45) is 5.10 Å². The van der Waals surface area contributed by atoms with Crippen LogP contribution in [0.15, 0.2) is 5.10 Å². The minimum Gasteiger partial charge on any atom is -0.503 e. The highest BCUT2D eigenvalue weighted by Crippen LogP contribution is 2.47. The highest BCUT2D eigenvalue weighted by Gasteiger charge is 2.49. The van der Waals surface area contributed by atoms with Crippen molar-refractivity contribution in [3.63, 3.8) is 0 Å². The third kappa shape index (κ3) is 3.12. The fraction of sp³-hybridized carbons (Fsp3) is 0.357. The molecule has 25 heavy (non-hydrogen) atoms. The van der Waals surface area contributed by atoms with Crippen LogP contribution in [0.2, 0.25) is 15.1 Å². The molecule has 2 saturated heterocycles.